The van der Waals surface area contributed by atoms with Crippen LogP contribution in [-0.4, -0.2) is 43.8 Å². The van der Waals surface area contributed by atoms with Crippen molar-refractivity contribution in [2.24, 2.45) is 0 Å². The molecule has 2 atom stereocenters. The van der Waals surface area contributed by atoms with Crippen molar-refractivity contribution < 1.29 is 18.0 Å². The highest BCUT2D eigenvalue weighted by atomic mass is 35.5. The summed E-state index contributed by atoms with van der Waals surface area (Å²) in [6.45, 7) is 8.42. The zero-order valence-electron chi connectivity index (χ0n) is 23.6. The number of nitrogens with one attached hydrogen (secondary N) is 1. The Morgan fingerprint density at radius 2 is 1.56 bits per heavy atom. The van der Waals surface area contributed by atoms with Gasteiger partial charge in [-0.05, 0) is 81.6 Å². The third-order valence-electron chi connectivity index (χ3n) is 6.86. The van der Waals surface area contributed by atoms with Crippen molar-refractivity contribution in [3.05, 3.63) is 92.4 Å². The van der Waals surface area contributed by atoms with Gasteiger partial charge >= 0.3 is 0 Å². The quantitative estimate of drug-likeness (QED) is 0.251. The summed E-state index contributed by atoms with van der Waals surface area (Å²) in [6.07, 6.45) is 0.701. The molecule has 0 aliphatic carbocycles. The topological polar surface area (TPSA) is 86.8 Å². The fourth-order valence-corrected chi connectivity index (χ4v) is 6.03. The molecule has 0 heterocycles. The molecular weight excluding hydrogens is 605 g/mol. The summed E-state index contributed by atoms with van der Waals surface area (Å²) in [4.78, 5) is 28.5. The number of carbonyl (C=O) groups excluding carboxylic acids is 2. The zero-order valence-corrected chi connectivity index (χ0v) is 26.7. The summed E-state index contributed by atoms with van der Waals surface area (Å²) in [5.74, 6) is -0.973. The first-order valence-corrected chi connectivity index (χ1v) is 15.7. The maximum absolute atomic E-state index is 14.0. The Labute approximate surface area is 257 Å². The Hall–Kier alpha value is -2.78. The Morgan fingerprint density at radius 3 is 2.15 bits per heavy atom. The molecule has 7 nitrogen and oxygen atoms in total. The number of anilines is 1. The van der Waals surface area contributed by atoms with Gasteiger partial charge in [0, 0.05) is 27.7 Å². The standard InChI is InChI=1S/C30H34Cl3N3O4S/c1-6-21(4)34-30(38)22(5)35(17-23-10-11-24(31)15-28(23)33)29(37)18-36(25-12-9-20(3)27(32)16-25)41(39,40)26-13-7-19(2)8-14-26/h7-16,21-22H,6,17-18H2,1-5H3,(H,34,38)/t21-,22-/m1/s1. The van der Waals surface area contributed by atoms with Crippen LogP contribution in [0.15, 0.2) is 65.6 Å². The molecule has 41 heavy (non-hydrogen) atoms. The lowest BCUT2D eigenvalue weighted by Crippen LogP contribution is -2.52. The molecule has 0 fully saturated rings. The number of carbonyl (C=O) groups is 2. The highest BCUT2D eigenvalue weighted by Crippen LogP contribution is 2.29. The van der Waals surface area contributed by atoms with Crippen molar-refractivity contribution in [2.45, 2.75) is 64.6 Å². The maximum Gasteiger partial charge on any atom is 0.264 e. The lowest BCUT2D eigenvalue weighted by atomic mass is 10.1. The van der Waals surface area contributed by atoms with Crippen LogP contribution in [0, 0.1) is 13.8 Å². The van der Waals surface area contributed by atoms with Crippen LogP contribution in [0.25, 0.3) is 0 Å². The number of hydrogen-bond acceptors (Lipinski definition) is 4. The van der Waals surface area contributed by atoms with Gasteiger partial charge in [0.15, 0.2) is 0 Å². The fraction of sp³-hybridized carbons (Fsp3) is 0.333. The van der Waals surface area contributed by atoms with E-state index in [0.717, 1.165) is 15.4 Å². The second-order valence-electron chi connectivity index (χ2n) is 10.0. The summed E-state index contributed by atoms with van der Waals surface area (Å²) in [5.41, 5.74) is 2.41. The number of benzene rings is 3. The van der Waals surface area contributed by atoms with Crippen LogP contribution in [0.3, 0.4) is 0 Å². The Morgan fingerprint density at radius 1 is 0.902 bits per heavy atom. The summed E-state index contributed by atoms with van der Waals surface area (Å²) in [6, 6.07) is 15.0. The highest BCUT2D eigenvalue weighted by Gasteiger charge is 2.33. The van der Waals surface area contributed by atoms with Crippen molar-refractivity contribution >= 4 is 62.3 Å². The molecule has 0 saturated heterocycles. The van der Waals surface area contributed by atoms with Crippen LogP contribution in [0.2, 0.25) is 15.1 Å². The SMILES string of the molecule is CC[C@@H](C)NC(=O)[C@@H](C)N(Cc1ccc(Cl)cc1Cl)C(=O)CN(c1ccc(C)c(Cl)c1)S(=O)(=O)c1ccc(C)cc1. The molecule has 0 aliphatic heterocycles. The molecule has 220 valence electrons. The van der Waals surface area contributed by atoms with Crippen molar-refractivity contribution in [1.29, 1.82) is 0 Å². The molecule has 1 N–H and O–H groups in total. The summed E-state index contributed by atoms with van der Waals surface area (Å²) >= 11 is 18.9. The van der Waals surface area contributed by atoms with Gasteiger partial charge in [0.1, 0.15) is 12.6 Å². The zero-order chi connectivity index (χ0) is 30.5. The Balaban J connectivity index is 2.07. The summed E-state index contributed by atoms with van der Waals surface area (Å²) in [5, 5.41) is 3.99. The summed E-state index contributed by atoms with van der Waals surface area (Å²) < 4.78 is 28.9. The molecule has 0 unspecified atom stereocenters. The van der Waals surface area contributed by atoms with Gasteiger partial charge in [-0.15, -0.1) is 0 Å². The smallest absolute Gasteiger partial charge is 0.264 e. The van der Waals surface area contributed by atoms with Gasteiger partial charge in [-0.2, -0.15) is 0 Å². The van der Waals surface area contributed by atoms with Gasteiger partial charge in [-0.25, -0.2) is 8.42 Å². The predicted molar refractivity (Wildman–Crippen MR) is 166 cm³/mol. The molecule has 3 aromatic carbocycles. The van der Waals surface area contributed by atoms with Gasteiger partial charge in [-0.3, -0.25) is 13.9 Å². The Kier molecular flexibility index (Phi) is 11.1. The number of amides is 2. The molecule has 3 aromatic rings. The van der Waals surface area contributed by atoms with Crippen LogP contribution in [0.1, 0.15) is 43.9 Å². The van der Waals surface area contributed by atoms with Crippen LogP contribution in [0.4, 0.5) is 5.69 Å². The van der Waals surface area contributed by atoms with E-state index in [1.54, 1.807) is 56.3 Å². The van der Waals surface area contributed by atoms with Gasteiger partial charge < -0.3 is 10.2 Å². The van der Waals surface area contributed by atoms with E-state index in [1.807, 2.05) is 20.8 Å². The minimum atomic E-state index is -4.20. The molecular formula is C30H34Cl3N3O4S. The fourth-order valence-electron chi connectivity index (χ4n) is 3.98. The van der Waals surface area contributed by atoms with Crippen molar-refractivity contribution in [3.8, 4) is 0 Å². The molecule has 0 bridgehead atoms. The minimum Gasteiger partial charge on any atom is -0.352 e. The first kappa shape index (κ1) is 32.7. The molecule has 0 saturated carbocycles. The second kappa shape index (κ2) is 13.9. The number of hydrogen-bond donors (Lipinski definition) is 1. The van der Waals surface area contributed by atoms with Gasteiger partial charge in [0.05, 0.1) is 10.6 Å². The van der Waals surface area contributed by atoms with Crippen molar-refractivity contribution in [2.75, 3.05) is 10.8 Å². The number of rotatable bonds is 11. The molecule has 0 radical (unpaired) electrons. The normalized spacial score (nSPS) is 12.9. The highest BCUT2D eigenvalue weighted by molar-refractivity contribution is 7.92. The minimum absolute atomic E-state index is 0.0162. The van der Waals surface area contributed by atoms with Crippen LogP contribution >= 0.6 is 34.8 Å². The Bertz CT molecular complexity index is 1510. The summed E-state index contributed by atoms with van der Waals surface area (Å²) in [7, 11) is -4.20. The molecule has 0 aliphatic rings. The van der Waals surface area contributed by atoms with Gasteiger partial charge in [0.25, 0.3) is 10.0 Å². The van der Waals surface area contributed by atoms with Crippen LogP contribution in [0.5, 0.6) is 0 Å². The van der Waals surface area contributed by atoms with E-state index < -0.39 is 28.5 Å². The average molecular weight is 639 g/mol. The maximum atomic E-state index is 14.0. The molecule has 11 heteroatoms. The van der Waals surface area contributed by atoms with E-state index in [-0.39, 0.29) is 29.1 Å². The van der Waals surface area contributed by atoms with Crippen LogP contribution in [-0.2, 0) is 26.2 Å². The molecule has 3 rings (SSSR count). The van der Waals surface area contributed by atoms with E-state index in [2.05, 4.69) is 5.32 Å². The molecule has 2 amide bonds. The van der Waals surface area contributed by atoms with Gasteiger partial charge in [-0.1, -0.05) is 71.6 Å². The molecule has 0 spiro atoms. The van der Waals surface area contributed by atoms with Crippen molar-refractivity contribution in [3.63, 3.8) is 0 Å². The van der Waals surface area contributed by atoms with Crippen LogP contribution < -0.4 is 9.62 Å². The van der Waals surface area contributed by atoms with E-state index >= 15 is 0 Å². The second-order valence-corrected chi connectivity index (χ2v) is 13.1. The first-order valence-electron chi connectivity index (χ1n) is 13.1. The third kappa shape index (κ3) is 8.16. The van der Waals surface area contributed by atoms with E-state index in [0.29, 0.717) is 27.1 Å². The number of aryl methyl sites for hydroxylation is 2. The lowest BCUT2D eigenvalue weighted by molar-refractivity contribution is -0.139. The third-order valence-corrected chi connectivity index (χ3v) is 9.64. The molecule has 0 aromatic heterocycles. The number of nitrogens with zero attached hydrogens (tertiary/aromatic N) is 2. The predicted octanol–water partition coefficient (Wildman–Crippen LogP) is 6.79. The van der Waals surface area contributed by atoms with E-state index in [9.17, 15) is 18.0 Å². The number of sulfonamides is 1. The van der Waals surface area contributed by atoms with E-state index in [4.69, 9.17) is 34.8 Å². The average Bonchev–Trinajstić information content (AvgIpc) is 2.92. The lowest BCUT2D eigenvalue weighted by Gasteiger charge is -2.32. The number of halogens is 3. The largest absolute Gasteiger partial charge is 0.352 e. The monoisotopic (exact) mass is 637 g/mol. The van der Waals surface area contributed by atoms with E-state index in [1.165, 1.54) is 23.1 Å². The first-order chi connectivity index (χ1) is 19.2. The van der Waals surface area contributed by atoms with Gasteiger partial charge in [0.2, 0.25) is 11.8 Å². The van der Waals surface area contributed by atoms with Crippen molar-refractivity contribution in [1.82, 2.24) is 10.2 Å².